The molecule has 2 atom stereocenters. The average molecular weight is 346 g/mol. The van der Waals surface area contributed by atoms with Crippen LogP contribution in [0.2, 0.25) is 0 Å². The number of nitrogens with two attached hydrogens (primary N) is 1. The predicted molar refractivity (Wildman–Crippen MR) is 89.1 cm³/mol. The molecule has 2 aromatic rings. The number of halogens is 1. The largest absolute Gasteiger partial charge is 0.388 e. The molecule has 0 saturated carbocycles. The third kappa shape index (κ3) is 2.78. The molecule has 1 aliphatic carbocycles. The van der Waals surface area contributed by atoms with Crippen LogP contribution in [0.25, 0.3) is 0 Å². The van der Waals surface area contributed by atoms with Crippen molar-refractivity contribution < 1.29 is 5.11 Å². The van der Waals surface area contributed by atoms with Gasteiger partial charge in [-0.3, -0.25) is 0 Å². The number of aryl methyl sites for hydroxylation is 1. The van der Waals surface area contributed by atoms with Crippen molar-refractivity contribution in [1.29, 1.82) is 0 Å². The molecule has 110 valence electrons. The van der Waals surface area contributed by atoms with Gasteiger partial charge < -0.3 is 10.8 Å². The van der Waals surface area contributed by atoms with Crippen LogP contribution in [0, 0.1) is 5.41 Å². The van der Waals surface area contributed by atoms with Gasteiger partial charge in [0.05, 0.1) is 6.10 Å². The fraction of sp³-hybridized carbons (Fsp3) is 0.333. The predicted octanol–water partition coefficient (Wildman–Crippen LogP) is 3.62. The fourth-order valence-corrected chi connectivity index (χ4v) is 3.61. The molecule has 3 N–H and O–H groups in total. The molecule has 3 rings (SSSR count). The first kappa shape index (κ1) is 14.8. The average Bonchev–Trinajstić information content (AvgIpc) is 2.54. The summed E-state index contributed by atoms with van der Waals surface area (Å²) >= 11 is 3.44. The van der Waals surface area contributed by atoms with E-state index in [0.29, 0.717) is 6.54 Å². The normalized spacial score (nSPS) is 22.6. The van der Waals surface area contributed by atoms with E-state index in [4.69, 9.17) is 5.73 Å². The van der Waals surface area contributed by atoms with E-state index in [-0.39, 0.29) is 5.41 Å². The lowest BCUT2D eigenvalue weighted by molar-refractivity contribution is 0.0177. The highest BCUT2D eigenvalue weighted by Crippen LogP contribution is 2.44. The van der Waals surface area contributed by atoms with Gasteiger partial charge in [-0.15, -0.1) is 0 Å². The standard InChI is InChI=1S/C18H20BrNO/c19-16-7-5-14(6-8-16)17(21)18(12-20)10-9-13-3-1-2-4-15(13)11-18/h1-8,17,21H,9-12,20H2. The van der Waals surface area contributed by atoms with E-state index in [9.17, 15) is 5.11 Å². The van der Waals surface area contributed by atoms with E-state index < -0.39 is 6.10 Å². The molecule has 0 amide bonds. The molecule has 0 aliphatic heterocycles. The second-order valence-corrected chi connectivity index (χ2v) is 6.88. The topological polar surface area (TPSA) is 46.2 Å². The molecular weight excluding hydrogens is 326 g/mol. The molecule has 0 aromatic heterocycles. The van der Waals surface area contributed by atoms with E-state index in [1.165, 1.54) is 11.1 Å². The van der Waals surface area contributed by atoms with E-state index in [0.717, 1.165) is 29.3 Å². The Morgan fingerprint density at radius 1 is 1.10 bits per heavy atom. The van der Waals surface area contributed by atoms with E-state index >= 15 is 0 Å². The van der Waals surface area contributed by atoms with Gasteiger partial charge in [-0.25, -0.2) is 0 Å². The molecule has 0 bridgehead atoms. The smallest absolute Gasteiger partial charge is 0.0861 e. The van der Waals surface area contributed by atoms with Gasteiger partial charge in [-0.1, -0.05) is 52.3 Å². The van der Waals surface area contributed by atoms with Crippen LogP contribution in [-0.2, 0) is 12.8 Å². The van der Waals surface area contributed by atoms with Crippen LogP contribution in [0.3, 0.4) is 0 Å². The number of aliphatic hydroxyl groups is 1. The summed E-state index contributed by atoms with van der Waals surface area (Å²) < 4.78 is 1.02. The molecular formula is C18H20BrNO. The molecule has 0 spiro atoms. The minimum atomic E-state index is -0.524. The lowest BCUT2D eigenvalue weighted by Gasteiger charge is -2.41. The quantitative estimate of drug-likeness (QED) is 0.892. The van der Waals surface area contributed by atoms with Crippen molar-refractivity contribution in [2.24, 2.45) is 11.1 Å². The molecule has 21 heavy (non-hydrogen) atoms. The number of fused-ring (bicyclic) bond motifs is 1. The zero-order valence-electron chi connectivity index (χ0n) is 11.9. The van der Waals surface area contributed by atoms with Crippen molar-refractivity contribution in [2.75, 3.05) is 6.54 Å². The Bertz CT molecular complexity index is 625. The number of aliphatic hydroxyl groups excluding tert-OH is 1. The lowest BCUT2D eigenvalue weighted by atomic mass is 9.66. The molecule has 2 unspecified atom stereocenters. The van der Waals surface area contributed by atoms with Gasteiger partial charge in [-0.05, 0) is 48.1 Å². The van der Waals surface area contributed by atoms with Crippen LogP contribution in [0.15, 0.2) is 53.0 Å². The van der Waals surface area contributed by atoms with Crippen molar-refractivity contribution in [2.45, 2.75) is 25.4 Å². The Balaban J connectivity index is 1.93. The highest BCUT2D eigenvalue weighted by molar-refractivity contribution is 9.10. The Labute approximate surface area is 134 Å². The maximum Gasteiger partial charge on any atom is 0.0861 e. The zero-order chi connectivity index (χ0) is 14.9. The van der Waals surface area contributed by atoms with Crippen LogP contribution >= 0.6 is 15.9 Å². The van der Waals surface area contributed by atoms with Crippen LogP contribution in [0.1, 0.15) is 29.2 Å². The summed E-state index contributed by atoms with van der Waals surface area (Å²) in [6, 6.07) is 16.4. The summed E-state index contributed by atoms with van der Waals surface area (Å²) in [5.74, 6) is 0. The maximum atomic E-state index is 10.9. The number of hydrogen-bond acceptors (Lipinski definition) is 2. The SMILES string of the molecule is NCC1(C(O)c2ccc(Br)cc2)CCc2ccccc2C1. The van der Waals surface area contributed by atoms with Crippen molar-refractivity contribution in [3.63, 3.8) is 0 Å². The molecule has 3 heteroatoms. The van der Waals surface area contributed by atoms with Gasteiger partial charge in [0.15, 0.2) is 0 Å². The van der Waals surface area contributed by atoms with Gasteiger partial charge >= 0.3 is 0 Å². The van der Waals surface area contributed by atoms with E-state index in [1.54, 1.807) is 0 Å². The van der Waals surface area contributed by atoms with Gasteiger partial charge in [0.2, 0.25) is 0 Å². The van der Waals surface area contributed by atoms with Gasteiger partial charge in [-0.2, -0.15) is 0 Å². The second-order valence-electron chi connectivity index (χ2n) is 5.97. The number of rotatable bonds is 3. The van der Waals surface area contributed by atoms with Gasteiger partial charge in [0.25, 0.3) is 0 Å². The first-order valence-corrected chi connectivity index (χ1v) is 8.14. The Hall–Kier alpha value is -1.16. The van der Waals surface area contributed by atoms with Crippen molar-refractivity contribution in [3.05, 3.63) is 69.7 Å². The number of benzene rings is 2. The Morgan fingerprint density at radius 2 is 1.76 bits per heavy atom. The van der Waals surface area contributed by atoms with Crippen LogP contribution in [-0.4, -0.2) is 11.7 Å². The highest BCUT2D eigenvalue weighted by Gasteiger charge is 2.40. The summed E-state index contributed by atoms with van der Waals surface area (Å²) in [6.07, 6.45) is 2.24. The molecule has 0 fully saturated rings. The third-order valence-electron chi connectivity index (χ3n) is 4.73. The maximum absolute atomic E-state index is 10.9. The summed E-state index contributed by atoms with van der Waals surface area (Å²) in [7, 11) is 0. The number of hydrogen-bond donors (Lipinski definition) is 2. The van der Waals surface area contributed by atoms with E-state index in [1.807, 2.05) is 24.3 Å². The Kier molecular flexibility index (Phi) is 4.16. The minimum absolute atomic E-state index is 0.262. The van der Waals surface area contributed by atoms with Crippen LogP contribution in [0.4, 0.5) is 0 Å². The molecule has 2 nitrogen and oxygen atoms in total. The highest BCUT2D eigenvalue weighted by atomic mass is 79.9. The molecule has 2 aromatic carbocycles. The molecule has 0 heterocycles. The fourth-order valence-electron chi connectivity index (χ4n) is 3.34. The summed E-state index contributed by atoms with van der Waals surface area (Å²) in [5, 5.41) is 10.9. The Morgan fingerprint density at radius 3 is 2.43 bits per heavy atom. The van der Waals surface area contributed by atoms with Gasteiger partial charge in [0, 0.05) is 16.4 Å². The minimum Gasteiger partial charge on any atom is -0.388 e. The molecule has 0 saturated heterocycles. The third-order valence-corrected chi connectivity index (χ3v) is 5.25. The first-order chi connectivity index (χ1) is 10.1. The zero-order valence-corrected chi connectivity index (χ0v) is 13.5. The summed E-state index contributed by atoms with van der Waals surface area (Å²) in [5.41, 5.74) is 9.50. The second kappa shape index (κ2) is 5.91. The van der Waals surface area contributed by atoms with Gasteiger partial charge in [0.1, 0.15) is 0 Å². The monoisotopic (exact) mass is 345 g/mol. The summed E-state index contributed by atoms with van der Waals surface area (Å²) in [6.45, 7) is 0.499. The molecule has 1 aliphatic rings. The van der Waals surface area contributed by atoms with Crippen molar-refractivity contribution in [3.8, 4) is 0 Å². The summed E-state index contributed by atoms with van der Waals surface area (Å²) in [4.78, 5) is 0. The van der Waals surface area contributed by atoms with Crippen LogP contribution in [0.5, 0.6) is 0 Å². The molecule has 0 radical (unpaired) electrons. The van der Waals surface area contributed by atoms with Crippen molar-refractivity contribution in [1.82, 2.24) is 0 Å². The lowest BCUT2D eigenvalue weighted by Crippen LogP contribution is -2.41. The van der Waals surface area contributed by atoms with Crippen LogP contribution < -0.4 is 5.73 Å². The van der Waals surface area contributed by atoms with E-state index in [2.05, 4.69) is 40.2 Å². The van der Waals surface area contributed by atoms with Crippen molar-refractivity contribution >= 4 is 15.9 Å². The first-order valence-electron chi connectivity index (χ1n) is 7.35.